The summed E-state index contributed by atoms with van der Waals surface area (Å²) in [5, 5.41) is 0. The van der Waals surface area contributed by atoms with Gasteiger partial charge in [-0.05, 0) is 29.8 Å². The SMILES string of the molecule is CC[C@H]([NH3+])[C@H]1c2cc(OC)c(OC)cc2CC[NH+]1Cc1ccc(F)cc1. The number of methoxy groups -OCH3 is 2. The van der Waals surface area contributed by atoms with Crippen molar-refractivity contribution in [2.45, 2.75) is 38.4 Å². The molecule has 0 saturated heterocycles. The van der Waals surface area contributed by atoms with Crippen molar-refractivity contribution in [3.8, 4) is 11.5 Å². The summed E-state index contributed by atoms with van der Waals surface area (Å²) >= 11 is 0. The summed E-state index contributed by atoms with van der Waals surface area (Å²) < 4.78 is 24.2. The van der Waals surface area contributed by atoms with Gasteiger partial charge in [-0.1, -0.05) is 19.1 Å². The second kappa shape index (κ2) is 8.06. The summed E-state index contributed by atoms with van der Waals surface area (Å²) in [5.74, 6) is 1.36. The summed E-state index contributed by atoms with van der Waals surface area (Å²) in [6, 6.07) is 11.7. The molecule has 0 amide bonds. The zero-order valence-corrected chi connectivity index (χ0v) is 15.8. The van der Waals surface area contributed by atoms with Gasteiger partial charge in [0.15, 0.2) is 17.5 Å². The summed E-state index contributed by atoms with van der Waals surface area (Å²) in [6.07, 6.45) is 1.99. The standard InChI is InChI=1S/C21H27FN2O2/c1-4-18(23)21-17-12-20(26-3)19(25-2)11-15(17)9-10-24(21)13-14-5-7-16(22)8-6-14/h5-8,11-12,18,21H,4,9-10,13,23H2,1-3H3/p+2/t18-,21+/m0/s1. The predicted octanol–water partition coefficient (Wildman–Crippen LogP) is 1.55. The van der Waals surface area contributed by atoms with Crippen molar-refractivity contribution in [1.29, 1.82) is 0 Å². The summed E-state index contributed by atoms with van der Waals surface area (Å²) in [6.45, 7) is 4.07. The third kappa shape index (κ3) is 3.69. The lowest BCUT2D eigenvalue weighted by atomic mass is 9.86. The third-order valence-corrected chi connectivity index (χ3v) is 5.48. The Balaban J connectivity index is 1.96. The molecule has 3 atom stereocenters. The minimum atomic E-state index is -0.190. The van der Waals surface area contributed by atoms with E-state index in [1.54, 1.807) is 14.2 Å². The number of quaternary nitrogens is 2. The second-order valence-corrected chi connectivity index (χ2v) is 7.01. The van der Waals surface area contributed by atoms with E-state index in [1.165, 1.54) is 28.2 Å². The van der Waals surface area contributed by atoms with E-state index in [4.69, 9.17) is 9.47 Å². The van der Waals surface area contributed by atoms with Gasteiger partial charge in [-0.25, -0.2) is 4.39 Å². The van der Waals surface area contributed by atoms with E-state index in [-0.39, 0.29) is 11.9 Å². The number of fused-ring (bicyclic) bond motifs is 1. The maximum Gasteiger partial charge on any atom is 0.166 e. The van der Waals surface area contributed by atoms with Crippen molar-refractivity contribution in [1.82, 2.24) is 0 Å². The highest BCUT2D eigenvalue weighted by molar-refractivity contribution is 5.49. The van der Waals surface area contributed by atoms with Crippen molar-refractivity contribution >= 4 is 0 Å². The van der Waals surface area contributed by atoms with Gasteiger partial charge in [0.2, 0.25) is 0 Å². The van der Waals surface area contributed by atoms with Crippen LogP contribution >= 0.6 is 0 Å². The van der Waals surface area contributed by atoms with Crippen molar-refractivity contribution in [2.75, 3.05) is 20.8 Å². The first-order chi connectivity index (χ1) is 12.6. The molecule has 0 aromatic heterocycles. The molecule has 0 fully saturated rings. The molecule has 0 radical (unpaired) electrons. The van der Waals surface area contributed by atoms with E-state index in [2.05, 4.69) is 24.8 Å². The Labute approximate surface area is 154 Å². The molecule has 140 valence electrons. The molecule has 5 heteroatoms. The molecule has 1 unspecified atom stereocenters. The molecular formula is C21H29FN2O2+2. The average molecular weight is 360 g/mol. The third-order valence-electron chi connectivity index (χ3n) is 5.48. The van der Waals surface area contributed by atoms with Gasteiger partial charge in [-0.15, -0.1) is 0 Å². The Morgan fingerprint density at radius 2 is 1.81 bits per heavy atom. The highest BCUT2D eigenvalue weighted by Gasteiger charge is 2.38. The van der Waals surface area contributed by atoms with Crippen molar-refractivity contribution in [3.63, 3.8) is 0 Å². The molecule has 2 aromatic rings. The number of hydrogen-bond acceptors (Lipinski definition) is 2. The number of benzene rings is 2. The summed E-state index contributed by atoms with van der Waals surface area (Å²) in [4.78, 5) is 1.47. The molecule has 1 aliphatic rings. The van der Waals surface area contributed by atoms with Gasteiger partial charge in [-0.2, -0.15) is 0 Å². The van der Waals surface area contributed by atoms with Gasteiger partial charge in [0, 0.05) is 24.0 Å². The molecule has 0 aliphatic carbocycles. The molecule has 0 spiro atoms. The first-order valence-electron chi connectivity index (χ1n) is 9.24. The van der Waals surface area contributed by atoms with Crippen LogP contribution in [0.3, 0.4) is 0 Å². The number of hydrogen-bond donors (Lipinski definition) is 2. The Kier molecular flexibility index (Phi) is 5.79. The van der Waals surface area contributed by atoms with Gasteiger partial charge >= 0.3 is 0 Å². The number of nitrogens with one attached hydrogen (secondary N) is 1. The van der Waals surface area contributed by atoms with Crippen LogP contribution in [0.2, 0.25) is 0 Å². The molecule has 4 nitrogen and oxygen atoms in total. The first kappa shape index (κ1) is 18.7. The quantitative estimate of drug-likeness (QED) is 0.821. The average Bonchev–Trinajstić information content (AvgIpc) is 2.67. The van der Waals surface area contributed by atoms with Crippen LogP contribution in [0, 0.1) is 5.82 Å². The van der Waals surface area contributed by atoms with Crippen LogP contribution in [0.5, 0.6) is 11.5 Å². The van der Waals surface area contributed by atoms with E-state index < -0.39 is 0 Å². The van der Waals surface area contributed by atoms with E-state index in [0.29, 0.717) is 6.04 Å². The van der Waals surface area contributed by atoms with Gasteiger partial charge < -0.3 is 20.1 Å². The number of rotatable bonds is 6. The maximum atomic E-state index is 13.2. The maximum absolute atomic E-state index is 13.2. The first-order valence-corrected chi connectivity index (χ1v) is 9.24. The van der Waals surface area contributed by atoms with Gasteiger partial charge in [0.05, 0.1) is 20.8 Å². The van der Waals surface area contributed by atoms with Crippen LogP contribution in [0.4, 0.5) is 4.39 Å². The highest BCUT2D eigenvalue weighted by Crippen LogP contribution is 2.35. The summed E-state index contributed by atoms with van der Waals surface area (Å²) in [5.41, 5.74) is 8.20. The minimum Gasteiger partial charge on any atom is -0.493 e. The monoisotopic (exact) mass is 360 g/mol. The fraction of sp³-hybridized carbons (Fsp3) is 0.429. The van der Waals surface area contributed by atoms with Crippen LogP contribution in [0.15, 0.2) is 36.4 Å². The summed E-state index contributed by atoms with van der Waals surface area (Å²) in [7, 11) is 3.35. The minimum absolute atomic E-state index is 0.190. The van der Waals surface area contributed by atoms with Gasteiger partial charge in [-0.3, -0.25) is 0 Å². The molecular weight excluding hydrogens is 331 g/mol. The molecule has 0 saturated carbocycles. The predicted molar refractivity (Wildman–Crippen MR) is 98.9 cm³/mol. The topological polar surface area (TPSA) is 50.5 Å². The van der Waals surface area contributed by atoms with Crippen LogP contribution in [0.1, 0.15) is 36.1 Å². The fourth-order valence-electron chi connectivity index (χ4n) is 4.00. The van der Waals surface area contributed by atoms with Crippen LogP contribution < -0.4 is 20.1 Å². The lowest BCUT2D eigenvalue weighted by Crippen LogP contribution is -3.14. The molecule has 2 aromatic carbocycles. The van der Waals surface area contributed by atoms with E-state index in [0.717, 1.165) is 43.0 Å². The van der Waals surface area contributed by atoms with Crippen molar-refractivity contribution in [2.24, 2.45) is 0 Å². The molecule has 1 heterocycles. The normalized spacial score (nSPS) is 20.3. The van der Waals surface area contributed by atoms with Crippen LogP contribution in [0.25, 0.3) is 0 Å². The highest BCUT2D eigenvalue weighted by atomic mass is 19.1. The molecule has 1 aliphatic heterocycles. The molecule has 3 rings (SSSR count). The smallest absolute Gasteiger partial charge is 0.166 e. The fourth-order valence-corrected chi connectivity index (χ4v) is 4.00. The van der Waals surface area contributed by atoms with E-state index in [9.17, 15) is 4.39 Å². The Morgan fingerprint density at radius 3 is 2.42 bits per heavy atom. The van der Waals surface area contributed by atoms with Crippen molar-refractivity contribution in [3.05, 3.63) is 58.9 Å². The Hall–Kier alpha value is -2.11. The Morgan fingerprint density at radius 1 is 1.15 bits per heavy atom. The molecule has 4 N–H and O–H groups in total. The zero-order valence-electron chi connectivity index (χ0n) is 15.8. The number of halogens is 1. The largest absolute Gasteiger partial charge is 0.493 e. The van der Waals surface area contributed by atoms with Crippen LogP contribution in [-0.4, -0.2) is 26.8 Å². The van der Waals surface area contributed by atoms with E-state index in [1.807, 2.05) is 12.1 Å². The van der Waals surface area contributed by atoms with Gasteiger partial charge in [0.1, 0.15) is 18.4 Å². The number of ether oxygens (including phenoxy) is 2. The van der Waals surface area contributed by atoms with Crippen LogP contribution in [-0.2, 0) is 13.0 Å². The second-order valence-electron chi connectivity index (χ2n) is 7.01. The zero-order chi connectivity index (χ0) is 18.7. The lowest BCUT2D eigenvalue weighted by Gasteiger charge is -2.36. The Bertz CT molecular complexity index is 748. The molecule has 0 bridgehead atoms. The lowest BCUT2D eigenvalue weighted by molar-refractivity contribution is -0.957. The van der Waals surface area contributed by atoms with Crippen molar-refractivity contribution < 1.29 is 24.5 Å². The van der Waals surface area contributed by atoms with Gasteiger partial charge in [0.25, 0.3) is 0 Å². The van der Waals surface area contributed by atoms with E-state index >= 15 is 0 Å². The molecule has 26 heavy (non-hydrogen) atoms.